The Bertz CT molecular complexity index is 908. The van der Waals surface area contributed by atoms with Crippen molar-refractivity contribution in [3.8, 4) is 0 Å². The highest BCUT2D eigenvalue weighted by Gasteiger charge is 2.26. The van der Waals surface area contributed by atoms with Gasteiger partial charge >= 0.3 is 0 Å². The summed E-state index contributed by atoms with van der Waals surface area (Å²) >= 11 is 3.07. The van der Waals surface area contributed by atoms with Crippen LogP contribution in [0.5, 0.6) is 0 Å². The summed E-state index contributed by atoms with van der Waals surface area (Å²) in [5.41, 5.74) is 2.65. The highest BCUT2D eigenvalue weighted by molar-refractivity contribution is 7.99. The van der Waals surface area contributed by atoms with Crippen LogP contribution < -0.4 is 0 Å². The average molecular weight is 400 g/mol. The summed E-state index contributed by atoms with van der Waals surface area (Å²) in [6.07, 6.45) is 3.23. The lowest BCUT2D eigenvalue weighted by molar-refractivity contribution is -0.129. The Morgan fingerprint density at radius 2 is 2.22 bits per heavy atom. The molecule has 4 rings (SSSR count). The molecule has 0 N–H and O–H groups in total. The van der Waals surface area contributed by atoms with Gasteiger partial charge in [0, 0.05) is 11.9 Å². The van der Waals surface area contributed by atoms with Crippen molar-refractivity contribution in [1.82, 2.24) is 25.1 Å². The van der Waals surface area contributed by atoms with Crippen LogP contribution in [0, 0.1) is 0 Å². The topological polar surface area (TPSA) is 63.9 Å². The molecule has 1 aliphatic carbocycles. The lowest BCUT2D eigenvalue weighted by Crippen LogP contribution is -2.34. The number of carbonyl (C=O) groups is 1. The van der Waals surface area contributed by atoms with Crippen LogP contribution in [0.15, 0.2) is 46.9 Å². The van der Waals surface area contributed by atoms with E-state index in [2.05, 4.69) is 45.9 Å². The third-order valence-corrected chi connectivity index (χ3v) is 6.71. The van der Waals surface area contributed by atoms with Crippen LogP contribution in [0.25, 0.3) is 0 Å². The number of aryl methyl sites for hydroxylation is 1. The van der Waals surface area contributed by atoms with Crippen molar-refractivity contribution >= 4 is 29.0 Å². The third kappa shape index (κ3) is 4.06. The van der Waals surface area contributed by atoms with Crippen LogP contribution in [-0.2, 0) is 17.8 Å². The van der Waals surface area contributed by atoms with Crippen molar-refractivity contribution < 1.29 is 4.79 Å². The highest BCUT2D eigenvalue weighted by atomic mass is 32.2. The fourth-order valence-electron chi connectivity index (χ4n) is 3.48. The van der Waals surface area contributed by atoms with Gasteiger partial charge in [-0.25, -0.2) is 4.68 Å². The van der Waals surface area contributed by atoms with Gasteiger partial charge in [0.2, 0.25) is 11.1 Å². The predicted molar refractivity (Wildman–Crippen MR) is 107 cm³/mol. The summed E-state index contributed by atoms with van der Waals surface area (Å²) in [7, 11) is 1.91. The summed E-state index contributed by atoms with van der Waals surface area (Å²) in [6, 6.07) is 12.7. The summed E-state index contributed by atoms with van der Waals surface area (Å²) in [4.78, 5) is 15.9. The van der Waals surface area contributed by atoms with Crippen molar-refractivity contribution in [2.24, 2.45) is 0 Å². The Morgan fingerprint density at radius 1 is 1.33 bits per heavy atom. The Kier molecular flexibility index (Phi) is 5.54. The zero-order valence-electron chi connectivity index (χ0n) is 15.1. The van der Waals surface area contributed by atoms with E-state index in [9.17, 15) is 4.79 Å². The maximum Gasteiger partial charge on any atom is 0.233 e. The SMILES string of the molecule is CN(C(=O)CSc1nnnn1Cc1cccs1)C1CCCc2ccccc21. The number of tetrazole rings is 1. The molecule has 2 aromatic heterocycles. The molecule has 140 valence electrons. The zero-order chi connectivity index (χ0) is 18.6. The Balaban J connectivity index is 1.40. The lowest BCUT2D eigenvalue weighted by atomic mass is 9.87. The molecule has 0 fully saturated rings. The van der Waals surface area contributed by atoms with Crippen molar-refractivity contribution in [3.05, 3.63) is 57.8 Å². The molecule has 0 bridgehead atoms. The molecule has 0 radical (unpaired) electrons. The van der Waals surface area contributed by atoms with E-state index in [4.69, 9.17) is 0 Å². The van der Waals surface area contributed by atoms with E-state index in [1.54, 1.807) is 16.0 Å². The molecule has 1 amide bonds. The van der Waals surface area contributed by atoms with Crippen LogP contribution in [0.1, 0.15) is 34.9 Å². The van der Waals surface area contributed by atoms with Crippen molar-refractivity contribution in [3.63, 3.8) is 0 Å². The first kappa shape index (κ1) is 18.2. The fraction of sp³-hybridized carbons (Fsp3) is 0.368. The minimum atomic E-state index is 0.104. The first-order valence-electron chi connectivity index (χ1n) is 8.97. The van der Waals surface area contributed by atoms with Gasteiger partial charge in [0.25, 0.3) is 0 Å². The monoisotopic (exact) mass is 399 g/mol. The maximum atomic E-state index is 12.8. The van der Waals surface area contributed by atoms with Crippen LogP contribution in [0.2, 0.25) is 0 Å². The molecule has 0 saturated heterocycles. The zero-order valence-corrected chi connectivity index (χ0v) is 16.7. The summed E-state index contributed by atoms with van der Waals surface area (Å²) < 4.78 is 1.75. The second kappa shape index (κ2) is 8.22. The van der Waals surface area contributed by atoms with Crippen molar-refractivity contribution in [2.45, 2.75) is 37.0 Å². The quantitative estimate of drug-likeness (QED) is 0.595. The largest absolute Gasteiger partial charge is 0.338 e. The van der Waals surface area contributed by atoms with Crippen molar-refractivity contribution in [2.75, 3.05) is 12.8 Å². The summed E-state index contributed by atoms with van der Waals surface area (Å²) in [5, 5.41) is 14.6. The number of nitrogens with zero attached hydrogens (tertiary/aromatic N) is 5. The highest BCUT2D eigenvalue weighted by Crippen LogP contribution is 2.33. The number of rotatable bonds is 6. The van der Waals surface area contributed by atoms with Gasteiger partial charge in [-0.3, -0.25) is 4.79 Å². The average Bonchev–Trinajstić information content (AvgIpc) is 3.37. The number of hydrogen-bond acceptors (Lipinski definition) is 6. The molecule has 6 nitrogen and oxygen atoms in total. The molecule has 1 atom stereocenters. The molecule has 27 heavy (non-hydrogen) atoms. The molecule has 1 unspecified atom stereocenters. The van der Waals surface area contributed by atoms with Crippen LogP contribution in [0.3, 0.4) is 0 Å². The van der Waals surface area contributed by atoms with Crippen LogP contribution >= 0.6 is 23.1 Å². The Hall–Kier alpha value is -2.19. The number of amides is 1. The van der Waals surface area contributed by atoms with Gasteiger partial charge in [0.1, 0.15) is 0 Å². The summed E-state index contributed by atoms with van der Waals surface area (Å²) in [6.45, 7) is 0.632. The number of hydrogen-bond donors (Lipinski definition) is 0. The Morgan fingerprint density at radius 3 is 3.07 bits per heavy atom. The van der Waals surface area contributed by atoms with E-state index in [1.165, 1.54) is 27.8 Å². The van der Waals surface area contributed by atoms with Crippen LogP contribution in [0.4, 0.5) is 0 Å². The normalized spacial score (nSPS) is 16.1. The number of fused-ring (bicyclic) bond motifs is 1. The molecule has 1 aliphatic rings. The number of benzene rings is 1. The third-order valence-electron chi connectivity index (χ3n) is 4.91. The molecule has 2 heterocycles. The van der Waals surface area contributed by atoms with Gasteiger partial charge in [-0.15, -0.1) is 16.4 Å². The number of aromatic nitrogens is 4. The molecule has 0 aliphatic heterocycles. The standard InChI is InChI=1S/C19H21N5OS2/c1-23(17-10-4-7-14-6-2-3-9-16(14)17)18(25)13-27-19-20-21-22-24(19)12-15-8-5-11-26-15/h2-3,5-6,8-9,11,17H,4,7,10,12-13H2,1H3. The molecule has 1 aromatic carbocycles. The van der Waals surface area contributed by atoms with Gasteiger partial charge in [-0.1, -0.05) is 42.1 Å². The molecule has 3 aromatic rings. The molecular weight excluding hydrogens is 378 g/mol. The first-order valence-corrected chi connectivity index (χ1v) is 10.8. The minimum Gasteiger partial charge on any atom is -0.338 e. The molecular formula is C19H21N5OS2. The second-order valence-corrected chi connectivity index (χ2v) is 8.57. The lowest BCUT2D eigenvalue weighted by Gasteiger charge is -2.33. The Labute approximate surface area is 166 Å². The van der Waals surface area contributed by atoms with E-state index in [-0.39, 0.29) is 11.9 Å². The summed E-state index contributed by atoms with van der Waals surface area (Å²) in [5.74, 6) is 0.437. The van der Waals surface area contributed by atoms with Gasteiger partial charge in [-0.05, 0) is 52.3 Å². The van der Waals surface area contributed by atoms with Crippen molar-refractivity contribution in [1.29, 1.82) is 0 Å². The van der Waals surface area contributed by atoms with Gasteiger partial charge < -0.3 is 4.90 Å². The smallest absolute Gasteiger partial charge is 0.233 e. The molecule has 8 heteroatoms. The van der Waals surface area contributed by atoms with E-state index >= 15 is 0 Å². The van der Waals surface area contributed by atoms with E-state index < -0.39 is 0 Å². The molecule has 0 spiro atoms. The maximum absolute atomic E-state index is 12.8. The number of carbonyl (C=O) groups excluding carboxylic acids is 1. The second-order valence-electron chi connectivity index (χ2n) is 6.60. The van der Waals surface area contributed by atoms with Gasteiger partial charge in [0.05, 0.1) is 18.3 Å². The van der Waals surface area contributed by atoms with Gasteiger partial charge in [0.15, 0.2) is 0 Å². The number of thioether (sulfide) groups is 1. The molecule has 0 saturated carbocycles. The fourth-order valence-corrected chi connectivity index (χ4v) is 4.97. The van der Waals surface area contributed by atoms with Crippen LogP contribution in [-0.4, -0.2) is 43.8 Å². The first-order chi connectivity index (χ1) is 13.2. The van der Waals surface area contributed by atoms with E-state index in [1.807, 2.05) is 23.4 Å². The van der Waals surface area contributed by atoms with E-state index in [0.29, 0.717) is 17.5 Å². The number of thiophene rings is 1. The minimum absolute atomic E-state index is 0.104. The van der Waals surface area contributed by atoms with E-state index in [0.717, 1.165) is 19.3 Å². The predicted octanol–water partition coefficient (Wildman–Crippen LogP) is 3.41. The van der Waals surface area contributed by atoms with Gasteiger partial charge in [-0.2, -0.15) is 0 Å².